The van der Waals surface area contributed by atoms with Crippen LogP contribution in [0.5, 0.6) is 5.75 Å². The van der Waals surface area contributed by atoms with E-state index < -0.39 is 0 Å². The summed E-state index contributed by atoms with van der Waals surface area (Å²) in [5.41, 5.74) is 3.87. The lowest BCUT2D eigenvalue weighted by atomic mass is 9.99. The third-order valence-corrected chi connectivity index (χ3v) is 3.91. The van der Waals surface area contributed by atoms with Crippen molar-refractivity contribution in [2.45, 2.75) is 12.8 Å². The van der Waals surface area contributed by atoms with Gasteiger partial charge in [0, 0.05) is 6.42 Å². The summed E-state index contributed by atoms with van der Waals surface area (Å²) in [6.45, 7) is 0. The summed E-state index contributed by atoms with van der Waals surface area (Å²) in [6.07, 6.45) is 1.06. The molecular formula is C21H18O2. The SMILES string of the molecule is O=C(CCc1ccc(-c2ccccc2)cc1)c1ccccc1O. The van der Waals surface area contributed by atoms with E-state index in [1.807, 2.05) is 18.2 Å². The third-order valence-electron chi connectivity index (χ3n) is 3.91. The zero-order chi connectivity index (χ0) is 16.1. The van der Waals surface area contributed by atoms with E-state index in [9.17, 15) is 9.90 Å². The first kappa shape index (κ1) is 15.0. The highest BCUT2D eigenvalue weighted by molar-refractivity contribution is 5.98. The molecule has 0 aliphatic carbocycles. The van der Waals surface area contributed by atoms with E-state index in [-0.39, 0.29) is 11.5 Å². The van der Waals surface area contributed by atoms with E-state index in [0.29, 0.717) is 18.4 Å². The van der Waals surface area contributed by atoms with Crippen LogP contribution in [-0.2, 0) is 6.42 Å². The van der Waals surface area contributed by atoms with Gasteiger partial charge in [-0.2, -0.15) is 0 Å². The molecule has 0 radical (unpaired) electrons. The van der Waals surface area contributed by atoms with Crippen LogP contribution in [0.15, 0.2) is 78.9 Å². The van der Waals surface area contributed by atoms with Gasteiger partial charge in [0.25, 0.3) is 0 Å². The number of benzene rings is 3. The number of carbonyl (C=O) groups excluding carboxylic acids is 1. The predicted molar refractivity (Wildman–Crippen MR) is 92.6 cm³/mol. The third kappa shape index (κ3) is 3.67. The first-order valence-corrected chi connectivity index (χ1v) is 7.69. The van der Waals surface area contributed by atoms with Gasteiger partial charge in [0.1, 0.15) is 5.75 Å². The van der Waals surface area contributed by atoms with E-state index in [1.54, 1.807) is 24.3 Å². The second-order valence-electron chi connectivity index (χ2n) is 5.50. The summed E-state index contributed by atoms with van der Waals surface area (Å²) in [5, 5.41) is 9.72. The minimum absolute atomic E-state index is 0.0322. The Kier molecular flexibility index (Phi) is 4.53. The lowest BCUT2D eigenvalue weighted by molar-refractivity contribution is 0.0980. The number of aromatic hydroxyl groups is 1. The Labute approximate surface area is 136 Å². The lowest BCUT2D eigenvalue weighted by Crippen LogP contribution is -2.01. The van der Waals surface area contributed by atoms with Crippen molar-refractivity contribution in [1.82, 2.24) is 0 Å². The number of aryl methyl sites for hydroxylation is 1. The number of Topliss-reactive ketones (excluding diaryl/α,β-unsaturated/α-hetero) is 1. The van der Waals surface area contributed by atoms with E-state index >= 15 is 0 Å². The Morgan fingerprint density at radius 1 is 0.739 bits per heavy atom. The zero-order valence-corrected chi connectivity index (χ0v) is 12.8. The number of para-hydroxylation sites is 1. The minimum atomic E-state index is -0.0322. The minimum Gasteiger partial charge on any atom is -0.507 e. The van der Waals surface area contributed by atoms with Gasteiger partial charge in [-0.15, -0.1) is 0 Å². The van der Waals surface area contributed by atoms with Gasteiger partial charge >= 0.3 is 0 Å². The molecule has 3 rings (SSSR count). The topological polar surface area (TPSA) is 37.3 Å². The number of rotatable bonds is 5. The van der Waals surface area contributed by atoms with Gasteiger partial charge in [-0.05, 0) is 35.2 Å². The average molecular weight is 302 g/mol. The molecule has 0 unspecified atom stereocenters. The Morgan fingerprint density at radius 2 is 1.35 bits per heavy atom. The molecule has 2 heteroatoms. The van der Waals surface area contributed by atoms with Gasteiger partial charge in [-0.25, -0.2) is 0 Å². The van der Waals surface area contributed by atoms with Crippen LogP contribution in [-0.4, -0.2) is 10.9 Å². The molecule has 0 aromatic heterocycles. The smallest absolute Gasteiger partial charge is 0.166 e. The van der Waals surface area contributed by atoms with Crippen LogP contribution < -0.4 is 0 Å². The van der Waals surface area contributed by atoms with Crippen LogP contribution in [0.25, 0.3) is 11.1 Å². The van der Waals surface area contributed by atoms with Gasteiger partial charge in [0.15, 0.2) is 5.78 Å². The van der Waals surface area contributed by atoms with Crippen molar-refractivity contribution >= 4 is 5.78 Å². The summed E-state index contributed by atoms with van der Waals surface area (Å²) < 4.78 is 0. The second kappa shape index (κ2) is 6.93. The lowest BCUT2D eigenvalue weighted by Gasteiger charge is -2.06. The molecule has 0 fully saturated rings. The Bertz CT molecular complexity index is 790. The molecule has 1 N–H and O–H groups in total. The average Bonchev–Trinajstić information content (AvgIpc) is 2.61. The van der Waals surface area contributed by atoms with Gasteiger partial charge < -0.3 is 5.11 Å². The van der Waals surface area contributed by atoms with Crippen molar-refractivity contribution in [3.8, 4) is 16.9 Å². The molecule has 0 spiro atoms. The molecule has 3 aromatic carbocycles. The van der Waals surface area contributed by atoms with Gasteiger partial charge in [-0.3, -0.25) is 4.79 Å². The van der Waals surface area contributed by atoms with E-state index in [0.717, 1.165) is 5.56 Å². The van der Waals surface area contributed by atoms with Crippen molar-refractivity contribution in [1.29, 1.82) is 0 Å². The van der Waals surface area contributed by atoms with Gasteiger partial charge in [0.2, 0.25) is 0 Å². The van der Waals surface area contributed by atoms with Crippen LogP contribution in [0.4, 0.5) is 0 Å². The molecule has 0 saturated heterocycles. The van der Waals surface area contributed by atoms with Crippen LogP contribution in [0.1, 0.15) is 22.3 Å². The summed E-state index contributed by atoms with van der Waals surface area (Å²) in [5.74, 6) is 0.0205. The molecule has 0 amide bonds. The summed E-state index contributed by atoms with van der Waals surface area (Å²) in [4.78, 5) is 12.2. The fourth-order valence-electron chi connectivity index (χ4n) is 2.60. The Balaban J connectivity index is 1.65. The molecule has 0 bridgehead atoms. The summed E-state index contributed by atoms with van der Waals surface area (Å²) in [6, 6.07) is 25.2. The summed E-state index contributed by atoms with van der Waals surface area (Å²) in [7, 11) is 0. The first-order chi connectivity index (χ1) is 11.2. The fraction of sp³-hybridized carbons (Fsp3) is 0.0952. The monoisotopic (exact) mass is 302 g/mol. The van der Waals surface area contributed by atoms with Crippen molar-refractivity contribution < 1.29 is 9.90 Å². The Hall–Kier alpha value is -2.87. The predicted octanol–water partition coefficient (Wildman–Crippen LogP) is 4.87. The quantitative estimate of drug-likeness (QED) is 0.682. The van der Waals surface area contributed by atoms with E-state index in [4.69, 9.17) is 0 Å². The molecule has 23 heavy (non-hydrogen) atoms. The number of phenols is 1. The Morgan fingerprint density at radius 3 is 2.04 bits per heavy atom. The van der Waals surface area contributed by atoms with Crippen molar-refractivity contribution in [3.05, 3.63) is 90.0 Å². The van der Waals surface area contributed by atoms with Crippen molar-refractivity contribution in [2.24, 2.45) is 0 Å². The normalized spacial score (nSPS) is 10.4. The summed E-state index contributed by atoms with van der Waals surface area (Å²) >= 11 is 0. The first-order valence-electron chi connectivity index (χ1n) is 7.69. The van der Waals surface area contributed by atoms with E-state index in [1.165, 1.54) is 11.1 Å². The van der Waals surface area contributed by atoms with Crippen molar-refractivity contribution in [2.75, 3.05) is 0 Å². The molecule has 3 aromatic rings. The molecule has 0 heterocycles. The molecule has 0 aliphatic rings. The van der Waals surface area contributed by atoms with Gasteiger partial charge in [0.05, 0.1) is 5.56 Å². The number of phenolic OH excluding ortho intramolecular Hbond substituents is 1. The maximum atomic E-state index is 12.2. The van der Waals surface area contributed by atoms with Gasteiger partial charge in [-0.1, -0.05) is 66.7 Å². The van der Waals surface area contributed by atoms with Crippen LogP contribution in [0.2, 0.25) is 0 Å². The number of carbonyl (C=O) groups is 1. The molecule has 0 aliphatic heterocycles. The number of ketones is 1. The van der Waals surface area contributed by atoms with Crippen LogP contribution in [0.3, 0.4) is 0 Å². The second-order valence-corrected chi connectivity index (χ2v) is 5.50. The number of hydrogen-bond acceptors (Lipinski definition) is 2. The zero-order valence-electron chi connectivity index (χ0n) is 12.8. The maximum Gasteiger partial charge on any atom is 0.166 e. The fourth-order valence-corrected chi connectivity index (χ4v) is 2.60. The highest BCUT2D eigenvalue weighted by atomic mass is 16.3. The standard InChI is InChI=1S/C21H18O2/c22-20-9-5-4-8-19(20)21(23)15-12-16-10-13-18(14-11-16)17-6-2-1-3-7-17/h1-11,13-14,22H,12,15H2. The van der Waals surface area contributed by atoms with E-state index in [2.05, 4.69) is 36.4 Å². The molecule has 0 saturated carbocycles. The van der Waals surface area contributed by atoms with Crippen LogP contribution in [0, 0.1) is 0 Å². The highest BCUT2D eigenvalue weighted by Crippen LogP contribution is 2.21. The molecule has 0 atom stereocenters. The molecule has 2 nitrogen and oxygen atoms in total. The maximum absolute atomic E-state index is 12.2. The van der Waals surface area contributed by atoms with Crippen LogP contribution >= 0.6 is 0 Å². The number of hydrogen-bond donors (Lipinski definition) is 1. The molecule has 114 valence electrons. The molecular weight excluding hydrogens is 284 g/mol. The van der Waals surface area contributed by atoms with Crippen molar-refractivity contribution in [3.63, 3.8) is 0 Å². The highest BCUT2D eigenvalue weighted by Gasteiger charge is 2.10. The largest absolute Gasteiger partial charge is 0.507 e.